The third-order valence-electron chi connectivity index (χ3n) is 7.86. The highest BCUT2D eigenvalue weighted by Gasteiger charge is 2.26. The van der Waals surface area contributed by atoms with Gasteiger partial charge < -0.3 is 19.3 Å². The van der Waals surface area contributed by atoms with E-state index in [-0.39, 0.29) is 29.7 Å². The van der Waals surface area contributed by atoms with Crippen LogP contribution in [0.1, 0.15) is 35.1 Å². The number of anilines is 1. The van der Waals surface area contributed by atoms with Crippen molar-refractivity contribution < 1.29 is 23.0 Å². The van der Waals surface area contributed by atoms with Gasteiger partial charge in [0.15, 0.2) is 23.5 Å². The molecule has 4 heterocycles. The molecule has 0 unspecified atom stereocenters. The largest absolute Gasteiger partial charge is 0.468 e. The molecular formula is C32H33F2N7O3S. The fourth-order valence-electron chi connectivity index (χ4n) is 5.75. The van der Waals surface area contributed by atoms with Crippen molar-refractivity contribution in [3.05, 3.63) is 65.1 Å². The molecule has 234 valence electrons. The van der Waals surface area contributed by atoms with Crippen molar-refractivity contribution in [1.82, 2.24) is 29.6 Å². The highest BCUT2D eigenvalue weighted by Crippen LogP contribution is 2.39. The molecule has 1 amide bonds. The zero-order chi connectivity index (χ0) is 31.8. The number of benzene rings is 2. The molecule has 0 bridgehead atoms. The van der Waals surface area contributed by atoms with Crippen LogP contribution < -0.4 is 9.64 Å². The van der Waals surface area contributed by atoms with Gasteiger partial charge in [0.1, 0.15) is 28.6 Å². The number of amides is 1. The average molecular weight is 634 g/mol. The monoisotopic (exact) mass is 633 g/mol. The Kier molecular flexibility index (Phi) is 8.56. The van der Waals surface area contributed by atoms with E-state index in [0.717, 1.165) is 12.1 Å². The zero-order valence-electron chi connectivity index (χ0n) is 25.7. The quantitative estimate of drug-likeness (QED) is 0.121. The molecule has 1 aliphatic rings. The first kappa shape index (κ1) is 30.7. The summed E-state index contributed by atoms with van der Waals surface area (Å²) in [6.07, 6.45) is 4.56. The summed E-state index contributed by atoms with van der Waals surface area (Å²) in [4.78, 5) is 30.1. The Balaban J connectivity index is 1.51. The first-order chi connectivity index (χ1) is 21.7. The van der Waals surface area contributed by atoms with E-state index in [1.54, 1.807) is 44.6 Å². The molecule has 0 fully saturated rings. The summed E-state index contributed by atoms with van der Waals surface area (Å²) in [5.74, 6) is -0.200. The molecule has 0 radical (unpaired) electrons. The Labute approximate surface area is 263 Å². The number of hydrogen-bond acceptors (Lipinski definition) is 9. The Hall–Kier alpha value is -4.36. The smallest absolute Gasteiger partial charge is 0.273 e. The number of carbonyl (C=O) groups excluding carboxylic acids is 1. The molecule has 0 spiro atoms. The van der Waals surface area contributed by atoms with Crippen LogP contribution in [-0.2, 0) is 24.2 Å². The molecule has 0 aliphatic carbocycles. The van der Waals surface area contributed by atoms with E-state index in [2.05, 4.69) is 15.1 Å². The van der Waals surface area contributed by atoms with Crippen LogP contribution in [0.15, 0.2) is 41.7 Å². The number of methoxy groups -OCH3 is 1. The number of rotatable bonds is 8. The van der Waals surface area contributed by atoms with E-state index in [1.165, 1.54) is 29.8 Å². The van der Waals surface area contributed by atoms with Gasteiger partial charge in [0.05, 0.1) is 17.6 Å². The first-order valence-corrected chi connectivity index (χ1v) is 15.8. The lowest BCUT2D eigenvalue weighted by Gasteiger charge is -2.23. The minimum atomic E-state index is -0.637. The second-order valence-corrected chi connectivity index (χ2v) is 11.7. The molecule has 0 saturated carbocycles. The van der Waals surface area contributed by atoms with Crippen LogP contribution in [0.5, 0.6) is 5.75 Å². The predicted octanol–water partition coefficient (Wildman–Crippen LogP) is 5.70. The van der Waals surface area contributed by atoms with E-state index < -0.39 is 5.82 Å². The van der Waals surface area contributed by atoms with Gasteiger partial charge in [-0.2, -0.15) is 5.10 Å². The molecule has 0 saturated heterocycles. The molecular weight excluding hydrogens is 600 g/mol. The lowest BCUT2D eigenvalue weighted by atomic mass is 9.94. The van der Waals surface area contributed by atoms with Gasteiger partial charge in [0.2, 0.25) is 0 Å². The minimum Gasteiger partial charge on any atom is -0.468 e. The summed E-state index contributed by atoms with van der Waals surface area (Å²) in [5.41, 5.74) is 2.24. The predicted molar refractivity (Wildman–Crippen MR) is 170 cm³/mol. The summed E-state index contributed by atoms with van der Waals surface area (Å²) >= 11 is 1.31. The zero-order valence-corrected chi connectivity index (χ0v) is 26.5. The van der Waals surface area contributed by atoms with Crippen molar-refractivity contribution in [2.75, 3.05) is 45.7 Å². The SMILES string of the molecule is CCc1c(F)ccc2cc(OCOC)cc(-c3ncc4c(N5CCCn6nc(C(=O)N(C)C)cc6C5)nc(SC)nc4c3F)c12. The van der Waals surface area contributed by atoms with Gasteiger partial charge in [-0.25, -0.2) is 18.7 Å². The van der Waals surface area contributed by atoms with Gasteiger partial charge in [-0.1, -0.05) is 24.8 Å². The first-order valence-electron chi connectivity index (χ1n) is 14.5. The standard InChI is InChI=1S/C32H33F2N7O3S/c1-6-21-24(33)9-8-18-12-20(44-17-43-4)14-22(26(18)21)28-27(34)29-23(15-35-28)30(37-32(36-29)45-5)40-10-7-11-41-19(16-40)13-25(38-41)31(42)39(2)3/h8-9,12-15H,6-7,10-11,16-17H2,1-5H3. The number of aryl methyl sites for hydroxylation is 2. The van der Waals surface area contributed by atoms with Crippen LogP contribution in [0.25, 0.3) is 32.9 Å². The van der Waals surface area contributed by atoms with Crippen molar-refractivity contribution in [3.63, 3.8) is 0 Å². The van der Waals surface area contributed by atoms with Crippen LogP contribution in [0.3, 0.4) is 0 Å². The number of aromatic nitrogens is 5. The highest BCUT2D eigenvalue weighted by molar-refractivity contribution is 7.98. The highest BCUT2D eigenvalue weighted by atomic mass is 32.2. The van der Waals surface area contributed by atoms with Crippen molar-refractivity contribution in [3.8, 4) is 17.0 Å². The molecule has 6 rings (SSSR count). The fraction of sp³-hybridized carbons (Fsp3) is 0.344. The summed E-state index contributed by atoms with van der Waals surface area (Å²) in [6.45, 7) is 3.53. The number of carbonyl (C=O) groups is 1. The summed E-state index contributed by atoms with van der Waals surface area (Å²) in [7, 11) is 4.90. The number of thioether (sulfide) groups is 1. The van der Waals surface area contributed by atoms with Crippen LogP contribution in [0, 0.1) is 11.6 Å². The number of halogens is 2. The van der Waals surface area contributed by atoms with Crippen molar-refractivity contribution in [2.45, 2.75) is 38.0 Å². The number of pyridine rings is 1. The van der Waals surface area contributed by atoms with Crippen molar-refractivity contribution in [1.29, 1.82) is 0 Å². The van der Waals surface area contributed by atoms with Crippen LogP contribution in [-0.4, -0.2) is 76.3 Å². The maximum atomic E-state index is 16.8. The topological polar surface area (TPSA) is 98.5 Å². The second-order valence-electron chi connectivity index (χ2n) is 10.9. The maximum Gasteiger partial charge on any atom is 0.273 e. The Morgan fingerprint density at radius 3 is 2.69 bits per heavy atom. The molecule has 3 aromatic heterocycles. The molecule has 10 nitrogen and oxygen atoms in total. The fourth-order valence-corrected chi connectivity index (χ4v) is 6.11. The van der Waals surface area contributed by atoms with Gasteiger partial charge in [-0.3, -0.25) is 14.5 Å². The third-order valence-corrected chi connectivity index (χ3v) is 8.41. The van der Waals surface area contributed by atoms with E-state index in [1.807, 2.05) is 22.8 Å². The maximum absolute atomic E-state index is 16.8. The van der Waals surface area contributed by atoms with E-state index >= 15 is 8.78 Å². The summed E-state index contributed by atoms with van der Waals surface area (Å²) in [5, 5.41) is 6.64. The van der Waals surface area contributed by atoms with Crippen LogP contribution in [0.2, 0.25) is 0 Å². The molecule has 13 heteroatoms. The number of ether oxygens (including phenoxy) is 2. The molecule has 45 heavy (non-hydrogen) atoms. The Morgan fingerprint density at radius 2 is 1.96 bits per heavy atom. The van der Waals surface area contributed by atoms with Gasteiger partial charge in [0, 0.05) is 46.1 Å². The van der Waals surface area contributed by atoms with E-state index in [0.29, 0.717) is 75.8 Å². The molecule has 0 N–H and O–H groups in total. The summed E-state index contributed by atoms with van der Waals surface area (Å²) < 4.78 is 44.4. The average Bonchev–Trinajstić information content (AvgIpc) is 3.33. The molecule has 1 aliphatic heterocycles. The van der Waals surface area contributed by atoms with Crippen LogP contribution in [0.4, 0.5) is 14.6 Å². The molecule has 5 aromatic rings. The van der Waals surface area contributed by atoms with Crippen molar-refractivity contribution in [2.24, 2.45) is 0 Å². The lowest BCUT2D eigenvalue weighted by Crippen LogP contribution is -2.25. The Bertz CT molecular complexity index is 1930. The molecule has 2 aromatic carbocycles. The van der Waals surface area contributed by atoms with Crippen LogP contribution >= 0.6 is 11.8 Å². The van der Waals surface area contributed by atoms with Gasteiger partial charge in [0.25, 0.3) is 5.91 Å². The summed E-state index contributed by atoms with van der Waals surface area (Å²) in [6, 6.07) is 8.30. The van der Waals surface area contributed by atoms with Crippen molar-refractivity contribution >= 4 is 45.2 Å². The van der Waals surface area contributed by atoms with Gasteiger partial charge in [-0.05, 0) is 59.7 Å². The number of fused-ring (bicyclic) bond motifs is 3. The van der Waals surface area contributed by atoms with Gasteiger partial charge >= 0.3 is 0 Å². The van der Waals surface area contributed by atoms with Gasteiger partial charge in [-0.15, -0.1) is 0 Å². The Morgan fingerprint density at radius 1 is 1.13 bits per heavy atom. The number of hydrogen-bond donors (Lipinski definition) is 0. The molecule has 0 atom stereocenters. The van der Waals surface area contributed by atoms with E-state index in [4.69, 9.17) is 14.5 Å². The third kappa shape index (κ3) is 5.66. The second kappa shape index (κ2) is 12.6. The number of nitrogens with zero attached hydrogens (tertiary/aromatic N) is 7. The normalized spacial score (nSPS) is 13.3. The minimum absolute atomic E-state index is 0.00634. The van der Waals surface area contributed by atoms with E-state index in [9.17, 15) is 4.79 Å². The lowest BCUT2D eigenvalue weighted by molar-refractivity contribution is 0.0512.